The second-order valence-corrected chi connectivity index (χ2v) is 6.47. The van der Waals surface area contributed by atoms with Crippen LogP contribution in [0, 0.1) is 11.8 Å². The number of amides is 1. The van der Waals surface area contributed by atoms with Crippen LogP contribution in [-0.2, 0) is 4.79 Å². The van der Waals surface area contributed by atoms with Gasteiger partial charge < -0.3 is 10.6 Å². The summed E-state index contributed by atoms with van der Waals surface area (Å²) in [4.78, 5) is 12.1. The molecule has 0 bridgehead atoms. The minimum Gasteiger partial charge on any atom is -0.355 e. The molecule has 1 heterocycles. The third kappa shape index (κ3) is 3.05. The number of carbonyl (C=O) groups is 1. The van der Waals surface area contributed by atoms with Crippen molar-refractivity contribution in [3.8, 4) is 0 Å². The number of fused-ring (bicyclic) bond motifs is 1. The first-order valence-electron chi connectivity index (χ1n) is 7.86. The Balaban J connectivity index is 1.42. The molecule has 2 aliphatic carbocycles. The van der Waals surface area contributed by atoms with Gasteiger partial charge in [0.1, 0.15) is 0 Å². The van der Waals surface area contributed by atoms with Gasteiger partial charge in [0.15, 0.2) is 0 Å². The van der Waals surface area contributed by atoms with E-state index in [0.29, 0.717) is 6.04 Å². The van der Waals surface area contributed by atoms with Crippen LogP contribution in [0.3, 0.4) is 0 Å². The summed E-state index contributed by atoms with van der Waals surface area (Å²) in [6.45, 7) is 0.885. The van der Waals surface area contributed by atoms with E-state index in [2.05, 4.69) is 10.6 Å². The van der Waals surface area contributed by atoms with Gasteiger partial charge in [0.2, 0.25) is 5.91 Å². The lowest BCUT2D eigenvalue weighted by Crippen LogP contribution is -2.55. The standard InChI is InChI=1S/C15H26N2O/c18-15(16-10-9-11-5-6-11)14-8-7-12-3-1-2-4-13(12)17-14/h11-14,17H,1-10H2,(H,16,18). The summed E-state index contributed by atoms with van der Waals surface area (Å²) in [6.07, 6.45) is 11.6. The highest BCUT2D eigenvalue weighted by atomic mass is 16.2. The van der Waals surface area contributed by atoms with Crippen LogP contribution in [0.4, 0.5) is 0 Å². The van der Waals surface area contributed by atoms with E-state index in [1.807, 2.05) is 0 Å². The molecule has 3 unspecified atom stereocenters. The predicted octanol–water partition coefficient (Wildman–Crippen LogP) is 2.21. The number of carbonyl (C=O) groups excluding carboxylic acids is 1. The fraction of sp³-hybridized carbons (Fsp3) is 0.933. The van der Waals surface area contributed by atoms with Gasteiger partial charge in [0, 0.05) is 12.6 Å². The Kier molecular flexibility index (Phi) is 3.88. The Hall–Kier alpha value is -0.570. The molecule has 0 aromatic heterocycles. The summed E-state index contributed by atoms with van der Waals surface area (Å²) >= 11 is 0. The molecule has 1 aliphatic heterocycles. The molecule has 3 aliphatic rings. The van der Waals surface area contributed by atoms with Crippen LogP contribution in [-0.4, -0.2) is 24.5 Å². The number of hydrogen-bond donors (Lipinski definition) is 2. The van der Waals surface area contributed by atoms with Crippen LogP contribution in [0.15, 0.2) is 0 Å². The van der Waals surface area contributed by atoms with Gasteiger partial charge in [-0.25, -0.2) is 0 Å². The van der Waals surface area contributed by atoms with Crippen molar-refractivity contribution in [2.24, 2.45) is 11.8 Å². The molecule has 3 heteroatoms. The van der Waals surface area contributed by atoms with Gasteiger partial charge in [-0.1, -0.05) is 25.7 Å². The van der Waals surface area contributed by atoms with Gasteiger partial charge in [0.25, 0.3) is 0 Å². The first-order chi connectivity index (χ1) is 8.83. The van der Waals surface area contributed by atoms with E-state index in [9.17, 15) is 4.79 Å². The van der Waals surface area contributed by atoms with Gasteiger partial charge in [-0.2, -0.15) is 0 Å². The normalized spacial score (nSPS) is 35.9. The quantitative estimate of drug-likeness (QED) is 0.803. The average Bonchev–Trinajstić information content (AvgIpc) is 3.22. The molecule has 2 saturated carbocycles. The Labute approximate surface area is 110 Å². The summed E-state index contributed by atoms with van der Waals surface area (Å²) < 4.78 is 0. The first kappa shape index (κ1) is 12.5. The van der Waals surface area contributed by atoms with Crippen molar-refractivity contribution < 1.29 is 4.79 Å². The molecule has 0 spiro atoms. The van der Waals surface area contributed by atoms with Crippen LogP contribution >= 0.6 is 0 Å². The van der Waals surface area contributed by atoms with E-state index in [0.717, 1.165) is 24.8 Å². The highest BCUT2D eigenvalue weighted by Gasteiger charge is 2.34. The minimum absolute atomic E-state index is 0.0866. The van der Waals surface area contributed by atoms with Crippen LogP contribution in [0.1, 0.15) is 57.8 Å². The molecule has 18 heavy (non-hydrogen) atoms. The highest BCUT2D eigenvalue weighted by molar-refractivity contribution is 5.81. The number of hydrogen-bond acceptors (Lipinski definition) is 2. The largest absolute Gasteiger partial charge is 0.355 e. The molecule has 1 amide bonds. The summed E-state index contributed by atoms with van der Waals surface area (Å²) in [6, 6.07) is 0.704. The molecule has 3 nitrogen and oxygen atoms in total. The monoisotopic (exact) mass is 250 g/mol. The van der Waals surface area contributed by atoms with Crippen molar-refractivity contribution >= 4 is 5.91 Å². The number of rotatable bonds is 4. The van der Waals surface area contributed by atoms with Crippen molar-refractivity contribution in [1.82, 2.24) is 10.6 Å². The Morgan fingerprint density at radius 2 is 1.89 bits per heavy atom. The van der Waals surface area contributed by atoms with Gasteiger partial charge >= 0.3 is 0 Å². The Morgan fingerprint density at radius 1 is 1.06 bits per heavy atom. The zero-order valence-corrected chi connectivity index (χ0v) is 11.3. The number of nitrogens with one attached hydrogen (secondary N) is 2. The van der Waals surface area contributed by atoms with E-state index in [1.54, 1.807) is 0 Å². The summed E-state index contributed by atoms with van der Waals surface area (Å²) in [5.41, 5.74) is 0. The topological polar surface area (TPSA) is 41.1 Å². The smallest absolute Gasteiger partial charge is 0.237 e. The van der Waals surface area contributed by atoms with Crippen LogP contribution in [0.25, 0.3) is 0 Å². The van der Waals surface area contributed by atoms with E-state index >= 15 is 0 Å². The van der Waals surface area contributed by atoms with Gasteiger partial charge in [-0.05, 0) is 43.9 Å². The zero-order valence-electron chi connectivity index (χ0n) is 11.3. The molecule has 0 radical (unpaired) electrons. The second kappa shape index (κ2) is 5.60. The lowest BCUT2D eigenvalue weighted by molar-refractivity contribution is -0.124. The average molecular weight is 250 g/mol. The molecule has 2 N–H and O–H groups in total. The maximum absolute atomic E-state index is 12.1. The van der Waals surface area contributed by atoms with Gasteiger partial charge in [0.05, 0.1) is 6.04 Å². The van der Waals surface area contributed by atoms with Crippen molar-refractivity contribution in [3.05, 3.63) is 0 Å². The Bertz CT molecular complexity index is 301. The third-order valence-corrected chi connectivity index (χ3v) is 5.02. The van der Waals surface area contributed by atoms with Gasteiger partial charge in [-0.3, -0.25) is 4.79 Å². The van der Waals surface area contributed by atoms with Crippen LogP contribution in [0.5, 0.6) is 0 Å². The van der Waals surface area contributed by atoms with Crippen LogP contribution < -0.4 is 10.6 Å². The van der Waals surface area contributed by atoms with Crippen LogP contribution in [0.2, 0.25) is 0 Å². The number of piperidine rings is 1. The molecule has 1 saturated heterocycles. The predicted molar refractivity (Wildman–Crippen MR) is 72.3 cm³/mol. The van der Waals surface area contributed by atoms with Crippen molar-refractivity contribution in [2.45, 2.75) is 69.9 Å². The second-order valence-electron chi connectivity index (χ2n) is 6.47. The molecule has 3 atom stereocenters. The maximum Gasteiger partial charge on any atom is 0.237 e. The minimum atomic E-state index is 0.0866. The van der Waals surface area contributed by atoms with Crippen molar-refractivity contribution in [3.63, 3.8) is 0 Å². The highest BCUT2D eigenvalue weighted by Crippen LogP contribution is 2.33. The summed E-state index contributed by atoms with van der Waals surface area (Å²) in [5, 5.41) is 6.71. The molecular formula is C15H26N2O. The van der Waals surface area contributed by atoms with E-state index in [4.69, 9.17) is 0 Å². The maximum atomic E-state index is 12.1. The first-order valence-corrected chi connectivity index (χ1v) is 7.86. The molecule has 0 aromatic rings. The fourth-order valence-electron chi connectivity index (χ4n) is 3.63. The van der Waals surface area contributed by atoms with E-state index < -0.39 is 0 Å². The van der Waals surface area contributed by atoms with Crippen molar-refractivity contribution in [2.75, 3.05) is 6.54 Å². The molecular weight excluding hydrogens is 224 g/mol. The SMILES string of the molecule is O=C(NCCC1CC1)C1CCC2CCCCC2N1. The van der Waals surface area contributed by atoms with E-state index in [1.165, 1.54) is 51.4 Å². The van der Waals surface area contributed by atoms with Crippen molar-refractivity contribution in [1.29, 1.82) is 0 Å². The lowest BCUT2D eigenvalue weighted by atomic mass is 9.77. The molecule has 102 valence electrons. The lowest BCUT2D eigenvalue weighted by Gasteiger charge is -2.39. The molecule has 0 aromatic carbocycles. The Morgan fingerprint density at radius 3 is 2.72 bits per heavy atom. The molecule has 3 fully saturated rings. The fourth-order valence-corrected chi connectivity index (χ4v) is 3.63. The zero-order chi connectivity index (χ0) is 12.4. The van der Waals surface area contributed by atoms with Gasteiger partial charge in [-0.15, -0.1) is 0 Å². The summed E-state index contributed by atoms with van der Waals surface area (Å²) in [7, 11) is 0. The third-order valence-electron chi connectivity index (χ3n) is 5.02. The summed E-state index contributed by atoms with van der Waals surface area (Å²) in [5.74, 6) is 2.00. The van der Waals surface area contributed by atoms with E-state index in [-0.39, 0.29) is 11.9 Å². The molecule has 3 rings (SSSR count).